The Morgan fingerprint density at radius 3 is 2.42 bits per heavy atom. The molecule has 1 N–H and O–H groups in total. The predicted octanol–water partition coefficient (Wildman–Crippen LogP) is 3.58. The lowest BCUT2D eigenvalue weighted by molar-refractivity contribution is -0.140. The SMILES string of the molecule is CCNC(=O)[C@H](C)N(Cc1ccc(Cl)cc1)C(=O)Cc1ccccc1F. The number of likely N-dealkylation sites (N-methyl/N-ethyl adjacent to an activating group) is 1. The van der Waals surface area contributed by atoms with Crippen molar-refractivity contribution in [3.63, 3.8) is 0 Å². The molecule has 0 aromatic heterocycles. The number of carbonyl (C=O) groups excluding carboxylic acids is 2. The van der Waals surface area contributed by atoms with Crippen LogP contribution in [-0.2, 0) is 22.6 Å². The Morgan fingerprint density at radius 2 is 1.81 bits per heavy atom. The Hall–Kier alpha value is -2.40. The highest BCUT2D eigenvalue weighted by molar-refractivity contribution is 6.30. The lowest BCUT2D eigenvalue weighted by Crippen LogP contribution is -2.48. The van der Waals surface area contributed by atoms with E-state index in [2.05, 4.69) is 5.32 Å². The first-order valence-corrected chi connectivity index (χ1v) is 8.85. The monoisotopic (exact) mass is 376 g/mol. The second-order valence-electron chi connectivity index (χ2n) is 5.99. The summed E-state index contributed by atoms with van der Waals surface area (Å²) in [5.74, 6) is -0.995. The number of benzene rings is 2. The minimum atomic E-state index is -0.676. The molecule has 0 spiro atoms. The van der Waals surface area contributed by atoms with E-state index in [4.69, 9.17) is 11.6 Å². The second kappa shape index (κ2) is 9.34. The van der Waals surface area contributed by atoms with Crippen molar-refractivity contribution in [3.05, 3.63) is 70.5 Å². The molecule has 2 rings (SSSR count). The van der Waals surface area contributed by atoms with Crippen molar-refractivity contribution in [1.29, 1.82) is 0 Å². The summed E-state index contributed by atoms with van der Waals surface area (Å²) in [6.45, 7) is 4.19. The van der Waals surface area contributed by atoms with E-state index in [1.807, 2.05) is 6.92 Å². The van der Waals surface area contributed by atoms with Gasteiger partial charge in [-0.1, -0.05) is 41.9 Å². The Labute approximate surface area is 158 Å². The molecule has 2 amide bonds. The number of rotatable bonds is 7. The molecule has 138 valence electrons. The zero-order valence-corrected chi connectivity index (χ0v) is 15.6. The third kappa shape index (κ3) is 5.30. The number of hydrogen-bond acceptors (Lipinski definition) is 2. The first kappa shape index (κ1) is 19.9. The van der Waals surface area contributed by atoms with Gasteiger partial charge in [0.2, 0.25) is 11.8 Å². The molecule has 4 nitrogen and oxygen atoms in total. The van der Waals surface area contributed by atoms with Crippen LogP contribution in [0.5, 0.6) is 0 Å². The van der Waals surface area contributed by atoms with Crippen LogP contribution in [0.1, 0.15) is 25.0 Å². The normalized spacial score (nSPS) is 11.7. The Morgan fingerprint density at radius 1 is 1.15 bits per heavy atom. The quantitative estimate of drug-likeness (QED) is 0.803. The lowest BCUT2D eigenvalue weighted by atomic mass is 10.1. The smallest absolute Gasteiger partial charge is 0.242 e. The van der Waals surface area contributed by atoms with Crippen LogP contribution in [0.2, 0.25) is 5.02 Å². The van der Waals surface area contributed by atoms with E-state index in [-0.39, 0.29) is 24.8 Å². The van der Waals surface area contributed by atoms with Crippen LogP contribution in [-0.4, -0.2) is 29.3 Å². The highest BCUT2D eigenvalue weighted by Gasteiger charge is 2.26. The van der Waals surface area contributed by atoms with Gasteiger partial charge in [-0.2, -0.15) is 0 Å². The minimum absolute atomic E-state index is 0.107. The number of nitrogens with zero attached hydrogens (tertiary/aromatic N) is 1. The number of carbonyl (C=O) groups is 2. The molecule has 0 aliphatic heterocycles. The van der Waals surface area contributed by atoms with Crippen LogP contribution in [0.25, 0.3) is 0 Å². The maximum absolute atomic E-state index is 13.9. The van der Waals surface area contributed by atoms with Crippen LogP contribution in [0, 0.1) is 5.82 Å². The molecule has 0 fully saturated rings. The maximum atomic E-state index is 13.9. The Balaban J connectivity index is 2.23. The largest absolute Gasteiger partial charge is 0.355 e. The molecular formula is C20H22ClFN2O2. The molecule has 2 aromatic carbocycles. The molecule has 0 bridgehead atoms. The zero-order chi connectivity index (χ0) is 19.1. The van der Waals surface area contributed by atoms with Gasteiger partial charge >= 0.3 is 0 Å². The fraction of sp³-hybridized carbons (Fsp3) is 0.300. The average molecular weight is 377 g/mol. The van der Waals surface area contributed by atoms with E-state index in [1.165, 1.54) is 11.0 Å². The van der Waals surface area contributed by atoms with Gasteiger partial charge in [-0.15, -0.1) is 0 Å². The summed E-state index contributed by atoms with van der Waals surface area (Å²) >= 11 is 5.90. The molecule has 0 unspecified atom stereocenters. The van der Waals surface area contributed by atoms with E-state index in [9.17, 15) is 14.0 Å². The van der Waals surface area contributed by atoms with E-state index in [0.29, 0.717) is 17.1 Å². The van der Waals surface area contributed by atoms with Gasteiger partial charge in [0.25, 0.3) is 0 Å². The summed E-state index contributed by atoms with van der Waals surface area (Å²) in [5.41, 5.74) is 1.15. The van der Waals surface area contributed by atoms with Crippen LogP contribution in [0.4, 0.5) is 4.39 Å². The van der Waals surface area contributed by atoms with E-state index in [1.54, 1.807) is 49.4 Å². The van der Waals surface area contributed by atoms with Gasteiger partial charge in [0.05, 0.1) is 6.42 Å². The van der Waals surface area contributed by atoms with Gasteiger partial charge in [0.15, 0.2) is 0 Å². The first-order chi connectivity index (χ1) is 12.4. The molecule has 6 heteroatoms. The molecule has 0 aliphatic rings. The second-order valence-corrected chi connectivity index (χ2v) is 6.42. The molecule has 0 saturated carbocycles. The molecule has 2 aromatic rings. The Bertz CT molecular complexity index is 765. The Kier molecular flexibility index (Phi) is 7.16. The van der Waals surface area contributed by atoms with Crippen molar-refractivity contribution in [2.45, 2.75) is 32.9 Å². The average Bonchev–Trinajstić information content (AvgIpc) is 2.62. The van der Waals surface area contributed by atoms with E-state index < -0.39 is 11.9 Å². The van der Waals surface area contributed by atoms with Crippen molar-refractivity contribution in [3.8, 4) is 0 Å². The van der Waals surface area contributed by atoms with Crippen LogP contribution in [0.3, 0.4) is 0 Å². The number of amides is 2. The maximum Gasteiger partial charge on any atom is 0.242 e. The van der Waals surface area contributed by atoms with Gasteiger partial charge in [-0.05, 0) is 43.2 Å². The third-order valence-corrected chi connectivity index (χ3v) is 4.34. The van der Waals surface area contributed by atoms with Crippen molar-refractivity contribution in [1.82, 2.24) is 10.2 Å². The van der Waals surface area contributed by atoms with Gasteiger partial charge < -0.3 is 10.2 Å². The lowest BCUT2D eigenvalue weighted by Gasteiger charge is -2.29. The summed E-state index contributed by atoms with van der Waals surface area (Å²) in [4.78, 5) is 26.6. The van der Waals surface area contributed by atoms with Crippen molar-refractivity contribution >= 4 is 23.4 Å². The van der Waals surface area contributed by atoms with Gasteiger partial charge in [0.1, 0.15) is 11.9 Å². The summed E-state index contributed by atoms with van der Waals surface area (Å²) in [6.07, 6.45) is -0.107. The predicted molar refractivity (Wildman–Crippen MR) is 100 cm³/mol. The van der Waals surface area contributed by atoms with Crippen molar-refractivity contribution < 1.29 is 14.0 Å². The van der Waals surface area contributed by atoms with Crippen LogP contribution >= 0.6 is 11.6 Å². The topological polar surface area (TPSA) is 49.4 Å². The standard InChI is InChI=1S/C20H22ClFN2O2/c1-3-23-20(26)14(2)24(13-15-8-10-17(21)11-9-15)19(25)12-16-6-4-5-7-18(16)22/h4-11,14H,3,12-13H2,1-2H3,(H,23,26)/t14-/m0/s1. The first-order valence-electron chi connectivity index (χ1n) is 8.47. The third-order valence-electron chi connectivity index (χ3n) is 4.08. The molecular weight excluding hydrogens is 355 g/mol. The van der Waals surface area contributed by atoms with E-state index >= 15 is 0 Å². The minimum Gasteiger partial charge on any atom is -0.355 e. The fourth-order valence-corrected chi connectivity index (χ4v) is 2.72. The molecule has 0 saturated heterocycles. The molecule has 0 radical (unpaired) electrons. The summed E-state index contributed by atoms with van der Waals surface area (Å²) in [6, 6.07) is 12.5. The molecule has 1 atom stereocenters. The summed E-state index contributed by atoms with van der Waals surface area (Å²) < 4.78 is 13.9. The van der Waals surface area contributed by atoms with Crippen LogP contribution < -0.4 is 5.32 Å². The summed E-state index contributed by atoms with van der Waals surface area (Å²) in [7, 11) is 0. The highest BCUT2D eigenvalue weighted by Crippen LogP contribution is 2.16. The highest BCUT2D eigenvalue weighted by atomic mass is 35.5. The van der Waals surface area contributed by atoms with Crippen molar-refractivity contribution in [2.24, 2.45) is 0 Å². The zero-order valence-electron chi connectivity index (χ0n) is 14.8. The molecule has 0 heterocycles. The summed E-state index contributed by atoms with van der Waals surface area (Å²) in [5, 5.41) is 3.32. The fourth-order valence-electron chi connectivity index (χ4n) is 2.60. The van der Waals surface area contributed by atoms with Crippen LogP contribution in [0.15, 0.2) is 48.5 Å². The number of nitrogens with one attached hydrogen (secondary N) is 1. The number of hydrogen-bond donors (Lipinski definition) is 1. The van der Waals surface area contributed by atoms with E-state index in [0.717, 1.165) is 5.56 Å². The number of halogens is 2. The molecule has 0 aliphatic carbocycles. The van der Waals surface area contributed by atoms with Crippen molar-refractivity contribution in [2.75, 3.05) is 6.54 Å². The molecule has 26 heavy (non-hydrogen) atoms. The van der Waals surface area contributed by atoms with Gasteiger partial charge in [-0.3, -0.25) is 9.59 Å². The van der Waals surface area contributed by atoms with Gasteiger partial charge in [0, 0.05) is 18.1 Å². The van der Waals surface area contributed by atoms with Gasteiger partial charge in [-0.25, -0.2) is 4.39 Å².